The summed E-state index contributed by atoms with van der Waals surface area (Å²) in [6, 6.07) is 7.56. The van der Waals surface area contributed by atoms with E-state index in [1.807, 2.05) is 38.1 Å². The maximum atomic E-state index is 12.6. The lowest BCUT2D eigenvalue weighted by Crippen LogP contribution is -2.47. The van der Waals surface area contributed by atoms with Crippen LogP contribution in [0, 0.1) is 5.41 Å². The zero-order valence-corrected chi connectivity index (χ0v) is 13.9. The first-order chi connectivity index (χ1) is 9.85. The smallest absolute Gasteiger partial charge is 0.230 e. The molecular formula is C17H25ClN2O. The Morgan fingerprint density at radius 1 is 1.33 bits per heavy atom. The van der Waals surface area contributed by atoms with E-state index in [0.717, 1.165) is 38.0 Å². The number of carbonyl (C=O) groups is 1. The van der Waals surface area contributed by atoms with Crippen molar-refractivity contribution in [1.82, 2.24) is 10.6 Å². The number of amides is 1. The van der Waals surface area contributed by atoms with Crippen molar-refractivity contribution in [2.24, 2.45) is 5.41 Å². The van der Waals surface area contributed by atoms with Gasteiger partial charge in [0.25, 0.3) is 0 Å². The Balaban J connectivity index is 2.03. The second kappa shape index (κ2) is 6.37. The van der Waals surface area contributed by atoms with Gasteiger partial charge in [-0.3, -0.25) is 4.79 Å². The summed E-state index contributed by atoms with van der Waals surface area (Å²) in [5.74, 6) is 0.0374. The molecule has 1 heterocycles. The Morgan fingerprint density at radius 3 is 2.57 bits per heavy atom. The molecule has 2 rings (SSSR count). The van der Waals surface area contributed by atoms with Gasteiger partial charge in [0, 0.05) is 11.6 Å². The Bertz CT molecular complexity index is 507. The number of piperidine rings is 1. The van der Waals surface area contributed by atoms with E-state index >= 15 is 0 Å². The lowest BCUT2D eigenvalue weighted by Gasteiger charge is -2.35. The van der Waals surface area contributed by atoms with Crippen molar-refractivity contribution < 1.29 is 4.79 Å². The van der Waals surface area contributed by atoms with Crippen LogP contribution in [0.2, 0.25) is 5.02 Å². The van der Waals surface area contributed by atoms with Crippen LogP contribution in [0.15, 0.2) is 24.3 Å². The first-order valence-electron chi connectivity index (χ1n) is 7.59. The SMILES string of the molecule is CC1(CNC(=O)C(C)(C)c2ccccc2Cl)CCNCC1. The van der Waals surface area contributed by atoms with Crippen molar-refractivity contribution in [3.05, 3.63) is 34.9 Å². The summed E-state index contributed by atoms with van der Waals surface area (Å²) in [7, 11) is 0. The van der Waals surface area contributed by atoms with Crippen LogP contribution in [0.1, 0.15) is 39.2 Å². The highest BCUT2D eigenvalue weighted by Gasteiger charge is 2.34. The van der Waals surface area contributed by atoms with E-state index in [9.17, 15) is 4.79 Å². The molecule has 0 spiro atoms. The standard InChI is InChI=1S/C17H25ClN2O/c1-16(2,13-6-4-5-7-14(13)18)15(21)20-12-17(3)8-10-19-11-9-17/h4-7,19H,8-12H2,1-3H3,(H,20,21). The molecule has 1 saturated heterocycles. The molecule has 1 aromatic rings. The summed E-state index contributed by atoms with van der Waals surface area (Å²) in [6.07, 6.45) is 2.19. The minimum atomic E-state index is -0.623. The molecule has 1 aromatic carbocycles. The van der Waals surface area contributed by atoms with Crippen molar-refractivity contribution >= 4 is 17.5 Å². The van der Waals surface area contributed by atoms with Crippen LogP contribution in [-0.2, 0) is 10.2 Å². The van der Waals surface area contributed by atoms with E-state index in [0.29, 0.717) is 5.02 Å². The third-order valence-corrected chi connectivity index (χ3v) is 4.93. The zero-order valence-electron chi connectivity index (χ0n) is 13.1. The van der Waals surface area contributed by atoms with Crippen molar-refractivity contribution in [3.8, 4) is 0 Å². The summed E-state index contributed by atoms with van der Waals surface area (Å²) >= 11 is 6.24. The fourth-order valence-corrected chi connectivity index (χ4v) is 3.18. The Morgan fingerprint density at radius 2 is 1.95 bits per heavy atom. The molecule has 0 unspecified atom stereocenters. The lowest BCUT2D eigenvalue weighted by molar-refractivity contribution is -0.126. The number of nitrogens with one attached hydrogen (secondary N) is 2. The highest BCUT2D eigenvalue weighted by Crippen LogP contribution is 2.31. The summed E-state index contributed by atoms with van der Waals surface area (Å²) in [4.78, 5) is 12.6. The first kappa shape index (κ1) is 16.3. The van der Waals surface area contributed by atoms with Crippen molar-refractivity contribution in [1.29, 1.82) is 0 Å². The minimum absolute atomic E-state index is 0.0374. The molecule has 1 aliphatic rings. The third kappa shape index (κ3) is 3.78. The van der Waals surface area contributed by atoms with Gasteiger partial charge in [-0.15, -0.1) is 0 Å². The fourth-order valence-electron chi connectivity index (χ4n) is 2.81. The molecule has 21 heavy (non-hydrogen) atoms. The van der Waals surface area contributed by atoms with Gasteiger partial charge in [0.1, 0.15) is 0 Å². The first-order valence-corrected chi connectivity index (χ1v) is 7.97. The maximum absolute atomic E-state index is 12.6. The molecule has 1 fully saturated rings. The molecule has 4 heteroatoms. The topological polar surface area (TPSA) is 41.1 Å². The van der Waals surface area contributed by atoms with E-state index in [1.54, 1.807) is 0 Å². The molecule has 1 aliphatic heterocycles. The molecule has 0 atom stereocenters. The summed E-state index contributed by atoms with van der Waals surface area (Å²) in [5, 5.41) is 7.14. The van der Waals surface area contributed by atoms with Gasteiger partial charge in [-0.25, -0.2) is 0 Å². The van der Waals surface area contributed by atoms with Crippen molar-refractivity contribution in [3.63, 3.8) is 0 Å². The lowest BCUT2D eigenvalue weighted by atomic mass is 9.79. The van der Waals surface area contributed by atoms with Crippen LogP contribution < -0.4 is 10.6 Å². The predicted molar refractivity (Wildman–Crippen MR) is 87.7 cm³/mol. The van der Waals surface area contributed by atoms with E-state index in [1.165, 1.54) is 0 Å². The highest BCUT2D eigenvalue weighted by atomic mass is 35.5. The van der Waals surface area contributed by atoms with Crippen molar-refractivity contribution in [2.45, 2.75) is 39.0 Å². The molecule has 116 valence electrons. The Labute approximate surface area is 132 Å². The molecule has 0 aromatic heterocycles. The Hall–Kier alpha value is -1.06. The van der Waals surface area contributed by atoms with Gasteiger partial charge in [0.2, 0.25) is 5.91 Å². The number of carbonyl (C=O) groups excluding carboxylic acids is 1. The van der Waals surface area contributed by atoms with Gasteiger partial charge in [0.15, 0.2) is 0 Å². The predicted octanol–water partition coefficient (Wildman–Crippen LogP) is 3.12. The second-order valence-electron chi connectivity index (χ2n) is 6.85. The van der Waals surface area contributed by atoms with E-state index in [-0.39, 0.29) is 11.3 Å². The molecular weight excluding hydrogens is 284 g/mol. The molecule has 3 nitrogen and oxygen atoms in total. The quantitative estimate of drug-likeness (QED) is 0.897. The second-order valence-corrected chi connectivity index (χ2v) is 7.26. The highest BCUT2D eigenvalue weighted by molar-refractivity contribution is 6.31. The van der Waals surface area contributed by atoms with Crippen LogP contribution >= 0.6 is 11.6 Å². The van der Waals surface area contributed by atoms with Crippen LogP contribution in [0.3, 0.4) is 0 Å². The molecule has 0 radical (unpaired) electrons. The maximum Gasteiger partial charge on any atom is 0.230 e. The summed E-state index contributed by atoms with van der Waals surface area (Å²) in [5.41, 5.74) is 0.443. The van der Waals surface area contributed by atoms with Crippen molar-refractivity contribution in [2.75, 3.05) is 19.6 Å². The van der Waals surface area contributed by atoms with E-state index < -0.39 is 5.41 Å². The molecule has 0 saturated carbocycles. The van der Waals surface area contributed by atoms with Gasteiger partial charge in [0.05, 0.1) is 5.41 Å². The van der Waals surface area contributed by atoms with Gasteiger partial charge < -0.3 is 10.6 Å². The molecule has 2 N–H and O–H groups in total. The monoisotopic (exact) mass is 308 g/mol. The van der Waals surface area contributed by atoms with Crippen LogP contribution in [0.5, 0.6) is 0 Å². The number of rotatable bonds is 4. The van der Waals surface area contributed by atoms with Crippen LogP contribution in [0.4, 0.5) is 0 Å². The zero-order chi connectivity index (χ0) is 15.5. The van der Waals surface area contributed by atoms with Gasteiger partial charge in [-0.2, -0.15) is 0 Å². The molecule has 0 aliphatic carbocycles. The number of halogens is 1. The number of benzene rings is 1. The average Bonchev–Trinajstić information content (AvgIpc) is 2.46. The van der Waals surface area contributed by atoms with E-state index in [4.69, 9.17) is 11.6 Å². The van der Waals surface area contributed by atoms with Crippen LogP contribution in [-0.4, -0.2) is 25.5 Å². The van der Waals surface area contributed by atoms with Gasteiger partial charge in [-0.05, 0) is 56.8 Å². The normalized spacial score (nSPS) is 18.3. The largest absolute Gasteiger partial charge is 0.355 e. The van der Waals surface area contributed by atoms with E-state index in [2.05, 4.69) is 17.6 Å². The Kier molecular flexibility index (Phi) is 4.95. The molecule has 1 amide bonds. The average molecular weight is 309 g/mol. The molecule has 0 bridgehead atoms. The number of hydrogen-bond donors (Lipinski definition) is 2. The van der Waals surface area contributed by atoms with Gasteiger partial charge >= 0.3 is 0 Å². The summed E-state index contributed by atoms with van der Waals surface area (Å²) < 4.78 is 0. The van der Waals surface area contributed by atoms with Crippen LogP contribution in [0.25, 0.3) is 0 Å². The fraction of sp³-hybridized carbons (Fsp3) is 0.588. The minimum Gasteiger partial charge on any atom is -0.355 e. The summed E-state index contributed by atoms with van der Waals surface area (Å²) in [6.45, 7) is 8.88. The number of hydrogen-bond acceptors (Lipinski definition) is 2. The van der Waals surface area contributed by atoms with Gasteiger partial charge in [-0.1, -0.05) is 36.7 Å². The third-order valence-electron chi connectivity index (χ3n) is 4.60.